The molecule has 8 aromatic carbocycles. The summed E-state index contributed by atoms with van der Waals surface area (Å²) in [6, 6.07) is 66.0. The summed E-state index contributed by atoms with van der Waals surface area (Å²) in [5.41, 5.74) is 9.74. The minimum Gasteiger partial charge on any atom is -0.208 e. The third-order valence-electron chi connectivity index (χ3n) is 9.27. The summed E-state index contributed by atoms with van der Waals surface area (Å²) in [6.45, 7) is 0. The molecule has 1 aromatic heterocycles. The zero-order chi connectivity index (χ0) is 33.3. The number of fused-ring (bicyclic) bond motifs is 2. The van der Waals surface area contributed by atoms with Gasteiger partial charge in [0, 0.05) is 16.7 Å². The van der Waals surface area contributed by atoms with E-state index in [1.165, 1.54) is 38.2 Å². The topological polar surface area (TPSA) is 38.7 Å². The van der Waals surface area contributed by atoms with Crippen LogP contribution in [0, 0.1) is 0 Å². The molecule has 3 heteroatoms. The summed E-state index contributed by atoms with van der Waals surface area (Å²) in [6.07, 6.45) is 0. The van der Waals surface area contributed by atoms with Crippen molar-refractivity contribution in [1.82, 2.24) is 15.0 Å². The van der Waals surface area contributed by atoms with Gasteiger partial charge in [-0.2, -0.15) is 0 Å². The fraction of sp³-hybridized carbons (Fsp3) is 0. The van der Waals surface area contributed by atoms with Gasteiger partial charge in [-0.15, -0.1) is 0 Å². The van der Waals surface area contributed by atoms with Crippen LogP contribution in [0.3, 0.4) is 0 Å². The number of hydrogen-bond acceptors (Lipinski definition) is 3. The van der Waals surface area contributed by atoms with Gasteiger partial charge in [-0.1, -0.05) is 158 Å². The van der Waals surface area contributed by atoms with E-state index in [4.69, 9.17) is 15.0 Å². The molecule has 0 atom stereocenters. The van der Waals surface area contributed by atoms with Crippen molar-refractivity contribution in [3.63, 3.8) is 0 Å². The van der Waals surface area contributed by atoms with Crippen molar-refractivity contribution in [3.8, 4) is 67.5 Å². The Bertz CT molecular complexity index is 2650. The molecule has 234 valence electrons. The standard InChI is InChI=1S/C47H31N3/c1-3-13-32(14-4-1)42-30-38-19-9-10-24-43(38)44(31-42)39-21-12-23-41(29-39)47-49-45(34-16-5-2-6-17-34)48-46(50-47)40-22-11-20-36(28-40)37-26-25-33-15-7-8-18-35(33)27-37/h1-31H. The second-order valence-corrected chi connectivity index (χ2v) is 12.5. The summed E-state index contributed by atoms with van der Waals surface area (Å²) in [7, 11) is 0. The van der Waals surface area contributed by atoms with E-state index >= 15 is 0 Å². The van der Waals surface area contributed by atoms with Crippen LogP contribution in [-0.4, -0.2) is 15.0 Å². The molecule has 0 aliphatic heterocycles. The summed E-state index contributed by atoms with van der Waals surface area (Å²) in [5.74, 6) is 1.91. The first-order valence-corrected chi connectivity index (χ1v) is 16.9. The van der Waals surface area contributed by atoms with Crippen molar-refractivity contribution in [2.75, 3.05) is 0 Å². The Morgan fingerprint density at radius 2 is 0.720 bits per heavy atom. The minimum absolute atomic E-state index is 0.635. The molecule has 0 unspecified atom stereocenters. The third-order valence-corrected chi connectivity index (χ3v) is 9.27. The lowest BCUT2D eigenvalue weighted by Gasteiger charge is -2.13. The van der Waals surface area contributed by atoms with Crippen LogP contribution >= 0.6 is 0 Å². The Hall–Kier alpha value is -6.71. The lowest BCUT2D eigenvalue weighted by molar-refractivity contribution is 1.07. The molecule has 9 rings (SSSR count). The predicted molar refractivity (Wildman–Crippen MR) is 207 cm³/mol. The molecule has 0 aliphatic carbocycles. The first-order valence-electron chi connectivity index (χ1n) is 16.9. The van der Waals surface area contributed by atoms with E-state index in [1.54, 1.807) is 0 Å². The van der Waals surface area contributed by atoms with Gasteiger partial charge in [0.2, 0.25) is 0 Å². The molecular weight excluding hydrogens is 607 g/mol. The highest BCUT2D eigenvalue weighted by atomic mass is 15.0. The first-order chi connectivity index (χ1) is 24.7. The molecule has 0 spiro atoms. The molecule has 9 aromatic rings. The van der Waals surface area contributed by atoms with Crippen LogP contribution in [0.15, 0.2) is 188 Å². The van der Waals surface area contributed by atoms with E-state index in [0.717, 1.165) is 33.4 Å². The Labute approximate surface area is 291 Å². The van der Waals surface area contributed by atoms with Crippen LogP contribution in [0.5, 0.6) is 0 Å². The number of nitrogens with zero attached hydrogens (tertiary/aromatic N) is 3. The highest BCUT2D eigenvalue weighted by Gasteiger charge is 2.15. The molecule has 0 aliphatic rings. The van der Waals surface area contributed by atoms with Crippen LogP contribution in [0.25, 0.3) is 89.1 Å². The molecule has 0 N–H and O–H groups in total. The average Bonchev–Trinajstić information content (AvgIpc) is 3.21. The van der Waals surface area contributed by atoms with E-state index in [1.807, 2.05) is 30.3 Å². The fourth-order valence-electron chi connectivity index (χ4n) is 6.73. The first kappa shape index (κ1) is 29.4. The van der Waals surface area contributed by atoms with Gasteiger partial charge in [0.25, 0.3) is 0 Å². The molecule has 1 heterocycles. The maximum Gasteiger partial charge on any atom is 0.164 e. The van der Waals surface area contributed by atoms with Gasteiger partial charge in [-0.3, -0.25) is 0 Å². The normalized spacial score (nSPS) is 11.2. The number of aromatic nitrogens is 3. The van der Waals surface area contributed by atoms with E-state index in [-0.39, 0.29) is 0 Å². The summed E-state index contributed by atoms with van der Waals surface area (Å²) >= 11 is 0. The second-order valence-electron chi connectivity index (χ2n) is 12.5. The number of rotatable bonds is 6. The zero-order valence-electron chi connectivity index (χ0n) is 27.2. The highest BCUT2D eigenvalue weighted by molar-refractivity contribution is 6.00. The summed E-state index contributed by atoms with van der Waals surface area (Å²) in [4.78, 5) is 15.2. The van der Waals surface area contributed by atoms with Crippen LogP contribution in [0.1, 0.15) is 0 Å². The van der Waals surface area contributed by atoms with E-state index in [0.29, 0.717) is 17.5 Å². The third kappa shape index (κ3) is 5.72. The van der Waals surface area contributed by atoms with Crippen molar-refractivity contribution < 1.29 is 0 Å². The van der Waals surface area contributed by atoms with Crippen molar-refractivity contribution in [2.45, 2.75) is 0 Å². The van der Waals surface area contributed by atoms with Crippen LogP contribution < -0.4 is 0 Å². The van der Waals surface area contributed by atoms with E-state index < -0.39 is 0 Å². The molecule has 0 fully saturated rings. The zero-order valence-corrected chi connectivity index (χ0v) is 27.2. The monoisotopic (exact) mass is 637 g/mol. The summed E-state index contributed by atoms with van der Waals surface area (Å²) in [5, 5.41) is 4.85. The molecule has 0 saturated heterocycles. The Morgan fingerprint density at radius 1 is 0.240 bits per heavy atom. The number of hydrogen-bond donors (Lipinski definition) is 0. The molecular formula is C47H31N3. The van der Waals surface area contributed by atoms with Gasteiger partial charge in [0.05, 0.1) is 0 Å². The fourth-order valence-corrected chi connectivity index (χ4v) is 6.73. The molecule has 0 bridgehead atoms. The smallest absolute Gasteiger partial charge is 0.164 e. The molecule has 0 amide bonds. The van der Waals surface area contributed by atoms with Gasteiger partial charge in [0.15, 0.2) is 17.5 Å². The summed E-state index contributed by atoms with van der Waals surface area (Å²) < 4.78 is 0. The van der Waals surface area contributed by atoms with Gasteiger partial charge >= 0.3 is 0 Å². The van der Waals surface area contributed by atoms with Crippen LogP contribution in [0.2, 0.25) is 0 Å². The molecule has 0 radical (unpaired) electrons. The minimum atomic E-state index is 0.635. The molecule has 3 nitrogen and oxygen atoms in total. The highest BCUT2D eigenvalue weighted by Crippen LogP contribution is 2.36. The second kappa shape index (κ2) is 12.7. The van der Waals surface area contributed by atoms with Gasteiger partial charge in [-0.05, 0) is 85.3 Å². The molecule has 0 saturated carbocycles. The maximum atomic E-state index is 5.12. The van der Waals surface area contributed by atoms with Gasteiger partial charge in [-0.25, -0.2) is 15.0 Å². The SMILES string of the molecule is c1ccc(-c2cc(-c3cccc(-c4nc(-c5ccccc5)nc(-c5cccc(-c6ccc7ccccc7c6)c5)n4)c3)c3ccccc3c2)cc1. The lowest BCUT2D eigenvalue weighted by Crippen LogP contribution is -2.00. The molecule has 50 heavy (non-hydrogen) atoms. The van der Waals surface area contributed by atoms with Gasteiger partial charge < -0.3 is 0 Å². The Balaban J connectivity index is 1.18. The van der Waals surface area contributed by atoms with Crippen LogP contribution in [-0.2, 0) is 0 Å². The lowest BCUT2D eigenvalue weighted by atomic mass is 9.92. The Kier molecular flexibility index (Phi) is 7.49. The van der Waals surface area contributed by atoms with Crippen LogP contribution in [0.4, 0.5) is 0 Å². The number of benzene rings is 8. The van der Waals surface area contributed by atoms with Crippen molar-refractivity contribution >= 4 is 21.5 Å². The van der Waals surface area contributed by atoms with Crippen molar-refractivity contribution in [2.24, 2.45) is 0 Å². The van der Waals surface area contributed by atoms with E-state index in [2.05, 4.69) is 158 Å². The average molecular weight is 638 g/mol. The quantitative estimate of drug-likeness (QED) is 0.182. The van der Waals surface area contributed by atoms with Gasteiger partial charge in [0.1, 0.15) is 0 Å². The van der Waals surface area contributed by atoms with Crippen molar-refractivity contribution in [3.05, 3.63) is 188 Å². The largest absolute Gasteiger partial charge is 0.208 e. The Morgan fingerprint density at radius 3 is 1.44 bits per heavy atom. The van der Waals surface area contributed by atoms with E-state index in [9.17, 15) is 0 Å². The predicted octanol–water partition coefficient (Wildman–Crippen LogP) is 12.2. The maximum absolute atomic E-state index is 5.12. The van der Waals surface area contributed by atoms with Crippen molar-refractivity contribution in [1.29, 1.82) is 0 Å².